The molecule has 0 saturated heterocycles. The lowest BCUT2D eigenvalue weighted by Crippen LogP contribution is -2.09. The molecule has 11 heavy (non-hydrogen) atoms. The van der Waals surface area contributed by atoms with Gasteiger partial charge in [-0.25, -0.2) is 14.8 Å². The Kier molecular flexibility index (Phi) is 2.22. The van der Waals surface area contributed by atoms with Crippen LogP contribution < -0.4 is 5.32 Å². The molecule has 1 aromatic rings. The SMILES string of the molecule is O=C(O)Nc1nccc(Cl)n1. The van der Waals surface area contributed by atoms with Gasteiger partial charge in [-0.2, -0.15) is 0 Å². The zero-order valence-corrected chi connectivity index (χ0v) is 6.04. The summed E-state index contributed by atoms with van der Waals surface area (Å²) in [6, 6.07) is 1.45. The number of rotatable bonds is 1. The summed E-state index contributed by atoms with van der Waals surface area (Å²) in [4.78, 5) is 17.2. The van der Waals surface area contributed by atoms with Crippen molar-refractivity contribution >= 4 is 23.6 Å². The van der Waals surface area contributed by atoms with E-state index >= 15 is 0 Å². The summed E-state index contributed by atoms with van der Waals surface area (Å²) < 4.78 is 0. The Bertz CT molecular complexity index is 278. The Balaban J connectivity index is 2.79. The number of anilines is 1. The standard InChI is InChI=1S/C5H4ClN3O2/c6-3-1-2-7-4(8-3)9-5(10)11/h1-2H,(H,10,11)(H,7,8,9). The summed E-state index contributed by atoms with van der Waals surface area (Å²) in [7, 11) is 0. The van der Waals surface area contributed by atoms with Gasteiger partial charge in [-0.05, 0) is 6.07 Å². The predicted molar refractivity (Wildman–Crippen MR) is 38.7 cm³/mol. The highest BCUT2D eigenvalue weighted by molar-refractivity contribution is 6.29. The summed E-state index contributed by atoms with van der Waals surface area (Å²) in [5.41, 5.74) is 0. The van der Waals surface area contributed by atoms with Crippen LogP contribution in [0.3, 0.4) is 0 Å². The molecule has 0 aliphatic carbocycles. The maximum Gasteiger partial charge on any atom is 0.411 e. The Morgan fingerprint density at radius 3 is 3.00 bits per heavy atom. The van der Waals surface area contributed by atoms with Crippen molar-refractivity contribution in [3.63, 3.8) is 0 Å². The second-order valence-corrected chi connectivity index (χ2v) is 2.02. The Morgan fingerprint density at radius 2 is 2.45 bits per heavy atom. The quantitative estimate of drug-likeness (QED) is 0.626. The Hall–Kier alpha value is -1.36. The molecule has 1 heterocycles. The number of hydrogen-bond acceptors (Lipinski definition) is 3. The van der Waals surface area contributed by atoms with E-state index in [0.29, 0.717) is 0 Å². The van der Waals surface area contributed by atoms with Crippen LogP contribution in [0.1, 0.15) is 0 Å². The van der Waals surface area contributed by atoms with Gasteiger partial charge in [0, 0.05) is 6.20 Å². The number of nitrogens with one attached hydrogen (secondary N) is 1. The molecule has 0 radical (unpaired) electrons. The number of halogens is 1. The van der Waals surface area contributed by atoms with Gasteiger partial charge in [0.1, 0.15) is 5.15 Å². The molecule has 5 nitrogen and oxygen atoms in total. The second kappa shape index (κ2) is 3.16. The van der Waals surface area contributed by atoms with Gasteiger partial charge < -0.3 is 5.11 Å². The molecule has 1 rings (SSSR count). The van der Waals surface area contributed by atoms with Crippen molar-refractivity contribution in [2.24, 2.45) is 0 Å². The lowest BCUT2D eigenvalue weighted by Gasteiger charge is -1.96. The third-order valence-corrected chi connectivity index (χ3v) is 1.05. The normalized spacial score (nSPS) is 9.18. The van der Waals surface area contributed by atoms with E-state index in [9.17, 15) is 4.79 Å². The van der Waals surface area contributed by atoms with Crippen molar-refractivity contribution < 1.29 is 9.90 Å². The fourth-order valence-corrected chi connectivity index (χ4v) is 0.629. The van der Waals surface area contributed by atoms with Crippen molar-refractivity contribution in [3.05, 3.63) is 17.4 Å². The van der Waals surface area contributed by atoms with Crippen LogP contribution in [-0.4, -0.2) is 21.2 Å². The highest BCUT2D eigenvalue weighted by atomic mass is 35.5. The number of nitrogens with zero attached hydrogens (tertiary/aromatic N) is 2. The van der Waals surface area contributed by atoms with Crippen LogP contribution in [0.5, 0.6) is 0 Å². The number of amides is 1. The molecule has 0 aromatic carbocycles. The lowest BCUT2D eigenvalue weighted by molar-refractivity contribution is 0.209. The zero-order valence-electron chi connectivity index (χ0n) is 5.28. The third kappa shape index (κ3) is 2.38. The molecular weight excluding hydrogens is 170 g/mol. The maximum absolute atomic E-state index is 10.0. The molecule has 6 heteroatoms. The van der Waals surface area contributed by atoms with E-state index in [-0.39, 0.29) is 11.1 Å². The van der Waals surface area contributed by atoms with Crippen LogP contribution in [0, 0.1) is 0 Å². The highest BCUT2D eigenvalue weighted by Gasteiger charge is 1.99. The average Bonchev–Trinajstić information content (AvgIpc) is 1.85. The highest BCUT2D eigenvalue weighted by Crippen LogP contribution is 2.04. The molecule has 0 spiro atoms. The van der Waals surface area contributed by atoms with Crippen LogP contribution in [0.4, 0.5) is 10.7 Å². The summed E-state index contributed by atoms with van der Waals surface area (Å²) in [5, 5.41) is 10.4. The summed E-state index contributed by atoms with van der Waals surface area (Å²) >= 11 is 5.44. The molecular formula is C5H4ClN3O2. The van der Waals surface area contributed by atoms with Gasteiger partial charge in [-0.3, -0.25) is 5.32 Å². The van der Waals surface area contributed by atoms with E-state index in [0.717, 1.165) is 0 Å². The van der Waals surface area contributed by atoms with Gasteiger partial charge in [0.2, 0.25) is 5.95 Å². The van der Waals surface area contributed by atoms with Crippen molar-refractivity contribution in [3.8, 4) is 0 Å². The Labute approximate surface area is 67.0 Å². The molecule has 0 bridgehead atoms. The van der Waals surface area contributed by atoms with Crippen LogP contribution in [0.15, 0.2) is 12.3 Å². The third-order valence-electron chi connectivity index (χ3n) is 0.840. The minimum atomic E-state index is -1.22. The fourth-order valence-electron chi connectivity index (χ4n) is 0.493. The minimum Gasteiger partial charge on any atom is -0.465 e. The van der Waals surface area contributed by atoms with Gasteiger partial charge in [-0.15, -0.1) is 0 Å². The molecule has 0 aliphatic rings. The van der Waals surface area contributed by atoms with Gasteiger partial charge in [0.15, 0.2) is 0 Å². The van der Waals surface area contributed by atoms with Crippen LogP contribution in [0.2, 0.25) is 5.15 Å². The number of hydrogen-bond donors (Lipinski definition) is 2. The maximum atomic E-state index is 10.0. The van der Waals surface area contributed by atoms with Crippen LogP contribution >= 0.6 is 11.6 Å². The zero-order chi connectivity index (χ0) is 8.27. The Morgan fingerprint density at radius 1 is 1.73 bits per heavy atom. The average molecular weight is 174 g/mol. The van der Waals surface area contributed by atoms with E-state index < -0.39 is 6.09 Å². The van der Waals surface area contributed by atoms with Gasteiger partial charge >= 0.3 is 6.09 Å². The summed E-state index contributed by atoms with van der Waals surface area (Å²) in [5.74, 6) is -0.0231. The molecule has 0 atom stereocenters. The molecule has 0 fully saturated rings. The van der Waals surface area contributed by atoms with E-state index in [4.69, 9.17) is 16.7 Å². The first-order valence-electron chi connectivity index (χ1n) is 2.67. The first kappa shape index (κ1) is 7.74. The molecule has 0 saturated carbocycles. The molecule has 2 N–H and O–H groups in total. The smallest absolute Gasteiger partial charge is 0.411 e. The summed E-state index contributed by atoms with van der Waals surface area (Å²) in [6.07, 6.45) is 0.146. The van der Waals surface area contributed by atoms with E-state index in [1.54, 1.807) is 0 Å². The van der Waals surface area contributed by atoms with Gasteiger partial charge in [0.05, 0.1) is 0 Å². The molecule has 0 aliphatic heterocycles. The topological polar surface area (TPSA) is 75.1 Å². The summed E-state index contributed by atoms with van der Waals surface area (Å²) in [6.45, 7) is 0. The lowest BCUT2D eigenvalue weighted by atomic mass is 10.7. The number of carboxylic acid groups (broad SMARTS) is 1. The fraction of sp³-hybridized carbons (Fsp3) is 0. The first-order chi connectivity index (χ1) is 5.18. The molecule has 0 unspecified atom stereocenters. The molecule has 1 aromatic heterocycles. The molecule has 1 amide bonds. The number of aromatic nitrogens is 2. The minimum absolute atomic E-state index is 0.0231. The van der Waals surface area contributed by atoms with E-state index in [1.807, 2.05) is 5.32 Å². The van der Waals surface area contributed by atoms with Crippen molar-refractivity contribution in [2.45, 2.75) is 0 Å². The van der Waals surface area contributed by atoms with Crippen molar-refractivity contribution in [2.75, 3.05) is 5.32 Å². The monoisotopic (exact) mass is 173 g/mol. The first-order valence-corrected chi connectivity index (χ1v) is 3.05. The van der Waals surface area contributed by atoms with Crippen molar-refractivity contribution in [1.29, 1.82) is 0 Å². The van der Waals surface area contributed by atoms with Crippen LogP contribution in [0.25, 0.3) is 0 Å². The predicted octanol–water partition coefficient (Wildman–Crippen LogP) is 1.22. The molecule has 58 valence electrons. The van der Waals surface area contributed by atoms with Gasteiger partial charge in [0.25, 0.3) is 0 Å². The largest absolute Gasteiger partial charge is 0.465 e. The van der Waals surface area contributed by atoms with Crippen molar-refractivity contribution in [1.82, 2.24) is 9.97 Å². The van der Waals surface area contributed by atoms with E-state index in [1.165, 1.54) is 12.3 Å². The van der Waals surface area contributed by atoms with Crippen LogP contribution in [-0.2, 0) is 0 Å². The number of carbonyl (C=O) groups is 1. The van der Waals surface area contributed by atoms with Gasteiger partial charge in [-0.1, -0.05) is 11.6 Å². The second-order valence-electron chi connectivity index (χ2n) is 1.63. The van der Waals surface area contributed by atoms with E-state index in [2.05, 4.69) is 9.97 Å².